The molecule has 0 bridgehead atoms. The molecule has 1 unspecified atom stereocenters. The smallest absolute Gasteiger partial charge is 0.307 e. The molecule has 0 radical (unpaired) electrons. The van der Waals surface area contributed by atoms with Gasteiger partial charge in [0.05, 0.1) is 24.2 Å². The minimum atomic E-state index is -0.378. The predicted octanol–water partition coefficient (Wildman–Crippen LogP) is 2.84. The van der Waals surface area contributed by atoms with Crippen LogP contribution < -0.4 is 5.32 Å². The third kappa shape index (κ3) is 3.70. The van der Waals surface area contributed by atoms with Gasteiger partial charge in [-0.3, -0.25) is 4.79 Å². The Hall–Kier alpha value is -1.29. The van der Waals surface area contributed by atoms with Crippen LogP contribution in [0.3, 0.4) is 0 Å². The van der Waals surface area contributed by atoms with Crippen LogP contribution in [0.1, 0.15) is 13.3 Å². The van der Waals surface area contributed by atoms with Gasteiger partial charge >= 0.3 is 5.97 Å². The maximum Gasteiger partial charge on any atom is 0.307 e. The van der Waals surface area contributed by atoms with E-state index in [9.17, 15) is 9.18 Å². The zero-order valence-electron chi connectivity index (χ0n) is 9.09. The van der Waals surface area contributed by atoms with E-state index < -0.39 is 0 Å². The number of anilines is 1. The lowest BCUT2D eigenvalue weighted by Crippen LogP contribution is -2.20. The molecular weight excluding hydrogens is 233 g/mol. The monoisotopic (exact) mass is 245 g/mol. The van der Waals surface area contributed by atoms with Crippen molar-refractivity contribution in [2.45, 2.75) is 19.4 Å². The van der Waals surface area contributed by atoms with Crippen molar-refractivity contribution >= 4 is 23.3 Å². The van der Waals surface area contributed by atoms with Crippen LogP contribution in [0.5, 0.6) is 0 Å². The number of benzene rings is 1. The summed E-state index contributed by atoms with van der Waals surface area (Å²) < 4.78 is 17.5. The third-order valence-corrected chi connectivity index (χ3v) is 2.36. The fourth-order valence-corrected chi connectivity index (χ4v) is 1.43. The number of rotatable bonds is 4. The van der Waals surface area contributed by atoms with E-state index >= 15 is 0 Å². The van der Waals surface area contributed by atoms with E-state index in [1.807, 2.05) is 0 Å². The zero-order chi connectivity index (χ0) is 12.1. The summed E-state index contributed by atoms with van der Waals surface area (Å²) in [5, 5.41) is 3.36. The number of nitrogens with one attached hydrogen (secondary N) is 1. The number of halogens is 2. The Balaban J connectivity index is 2.65. The van der Waals surface area contributed by atoms with E-state index in [2.05, 4.69) is 10.1 Å². The number of hydrogen-bond donors (Lipinski definition) is 1. The number of ether oxygens (including phenoxy) is 1. The number of carbonyl (C=O) groups is 1. The first kappa shape index (κ1) is 12.8. The summed E-state index contributed by atoms with van der Waals surface area (Å²) in [7, 11) is 1.32. The molecule has 0 amide bonds. The van der Waals surface area contributed by atoms with Crippen molar-refractivity contribution in [2.24, 2.45) is 0 Å². The van der Waals surface area contributed by atoms with Gasteiger partial charge in [0.25, 0.3) is 0 Å². The Morgan fingerprint density at radius 2 is 2.31 bits per heavy atom. The predicted molar refractivity (Wildman–Crippen MR) is 61.1 cm³/mol. The topological polar surface area (TPSA) is 38.3 Å². The Morgan fingerprint density at radius 3 is 2.94 bits per heavy atom. The van der Waals surface area contributed by atoms with Crippen molar-refractivity contribution in [3.63, 3.8) is 0 Å². The first-order valence-corrected chi connectivity index (χ1v) is 5.19. The van der Waals surface area contributed by atoms with Crippen molar-refractivity contribution in [1.82, 2.24) is 0 Å². The van der Waals surface area contributed by atoms with Crippen molar-refractivity contribution < 1.29 is 13.9 Å². The second-order valence-electron chi connectivity index (χ2n) is 3.45. The number of esters is 1. The van der Waals surface area contributed by atoms with Crippen LogP contribution in [-0.2, 0) is 9.53 Å². The largest absolute Gasteiger partial charge is 0.469 e. The third-order valence-electron chi connectivity index (χ3n) is 2.03. The van der Waals surface area contributed by atoms with Crippen LogP contribution in [0, 0.1) is 5.82 Å². The molecule has 0 saturated carbocycles. The lowest BCUT2D eigenvalue weighted by Gasteiger charge is -2.15. The van der Waals surface area contributed by atoms with Crippen molar-refractivity contribution in [2.75, 3.05) is 12.4 Å². The maximum absolute atomic E-state index is 12.9. The summed E-state index contributed by atoms with van der Waals surface area (Å²) in [6, 6.07) is 3.85. The Morgan fingerprint density at radius 1 is 1.62 bits per heavy atom. The van der Waals surface area contributed by atoms with Gasteiger partial charge in [-0.25, -0.2) is 4.39 Å². The van der Waals surface area contributed by atoms with Crippen molar-refractivity contribution in [3.05, 3.63) is 29.0 Å². The minimum absolute atomic E-state index is 0.174. The molecule has 1 aromatic carbocycles. The molecule has 0 aliphatic rings. The van der Waals surface area contributed by atoms with Gasteiger partial charge in [-0.1, -0.05) is 11.6 Å². The van der Waals surface area contributed by atoms with E-state index in [0.29, 0.717) is 10.7 Å². The first-order chi connectivity index (χ1) is 7.52. The Bertz CT molecular complexity index is 384. The average molecular weight is 246 g/mol. The lowest BCUT2D eigenvalue weighted by atomic mass is 10.2. The first-order valence-electron chi connectivity index (χ1n) is 4.81. The molecule has 1 N–H and O–H groups in total. The molecule has 0 heterocycles. The highest BCUT2D eigenvalue weighted by atomic mass is 35.5. The molecule has 0 saturated heterocycles. The van der Waals surface area contributed by atoms with E-state index in [1.165, 1.54) is 25.3 Å². The second-order valence-corrected chi connectivity index (χ2v) is 3.86. The molecule has 1 atom stereocenters. The average Bonchev–Trinajstić information content (AvgIpc) is 2.23. The van der Waals surface area contributed by atoms with Gasteiger partial charge in [0.15, 0.2) is 0 Å². The summed E-state index contributed by atoms with van der Waals surface area (Å²) in [5.74, 6) is -0.704. The summed E-state index contributed by atoms with van der Waals surface area (Å²) in [6.07, 6.45) is 0.198. The highest BCUT2D eigenvalue weighted by Gasteiger charge is 2.10. The number of hydrogen-bond acceptors (Lipinski definition) is 3. The summed E-state index contributed by atoms with van der Waals surface area (Å²) >= 11 is 5.87. The molecule has 3 nitrogen and oxygen atoms in total. The molecule has 0 aliphatic heterocycles. The molecule has 0 fully saturated rings. The van der Waals surface area contributed by atoms with Gasteiger partial charge in [0, 0.05) is 6.04 Å². The standard InChI is InChI=1S/C11H13ClFNO2/c1-7(5-11(15)16-2)14-10-6-8(13)3-4-9(10)12/h3-4,6-7,14H,5H2,1-2H3. The normalized spacial score (nSPS) is 12.0. The van der Waals surface area contributed by atoms with Crippen molar-refractivity contribution in [1.29, 1.82) is 0 Å². The van der Waals surface area contributed by atoms with E-state index in [4.69, 9.17) is 11.6 Å². The molecule has 5 heteroatoms. The maximum atomic E-state index is 12.9. The molecule has 0 spiro atoms. The molecule has 0 aliphatic carbocycles. The van der Waals surface area contributed by atoms with Crippen LogP contribution in [0.4, 0.5) is 10.1 Å². The van der Waals surface area contributed by atoms with Crippen LogP contribution >= 0.6 is 11.6 Å². The molecule has 0 aromatic heterocycles. The molecule has 1 aromatic rings. The molecule has 16 heavy (non-hydrogen) atoms. The summed E-state index contributed by atoms with van der Waals surface area (Å²) in [5.41, 5.74) is 0.470. The van der Waals surface area contributed by atoms with Crippen LogP contribution in [-0.4, -0.2) is 19.1 Å². The van der Waals surface area contributed by atoms with Gasteiger partial charge in [0.1, 0.15) is 5.82 Å². The van der Waals surface area contributed by atoms with Gasteiger partial charge < -0.3 is 10.1 Å². The Kier molecular flexibility index (Phi) is 4.55. The summed E-state index contributed by atoms with van der Waals surface area (Å²) in [6.45, 7) is 1.79. The molecule has 1 rings (SSSR count). The zero-order valence-corrected chi connectivity index (χ0v) is 9.84. The van der Waals surface area contributed by atoms with E-state index in [1.54, 1.807) is 6.92 Å². The lowest BCUT2D eigenvalue weighted by molar-refractivity contribution is -0.140. The van der Waals surface area contributed by atoms with E-state index in [0.717, 1.165) is 0 Å². The summed E-state index contributed by atoms with van der Waals surface area (Å²) in [4.78, 5) is 11.0. The fraction of sp³-hybridized carbons (Fsp3) is 0.364. The number of carbonyl (C=O) groups excluding carboxylic acids is 1. The van der Waals surface area contributed by atoms with Gasteiger partial charge in [-0.05, 0) is 25.1 Å². The van der Waals surface area contributed by atoms with Crippen molar-refractivity contribution in [3.8, 4) is 0 Å². The highest BCUT2D eigenvalue weighted by Crippen LogP contribution is 2.23. The SMILES string of the molecule is COC(=O)CC(C)Nc1cc(F)ccc1Cl. The quantitative estimate of drug-likeness (QED) is 0.829. The second kappa shape index (κ2) is 5.70. The van der Waals surface area contributed by atoms with Crippen LogP contribution in [0.25, 0.3) is 0 Å². The fourth-order valence-electron chi connectivity index (χ4n) is 1.26. The van der Waals surface area contributed by atoms with Gasteiger partial charge in [-0.2, -0.15) is 0 Å². The molecular formula is C11H13ClFNO2. The Labute approximate surface area is 98.5 Å². The molecule has 88 valence electrons. The van der Waals surface area contributed by atoms with E-state index in [-0.39, 0.29) is 24.2 Å². The number of methoxy groups -OCH3 is 1. The van der Waals surface area contributed by atoms with Crippen LogP contribution in [0.2, 0.25) is 5.02 Å². The van der Waals surface area contributed by atoms with Crippen LogP contribution in [0.15, 0.2) is 18.2 Å². The van der Waals surface area contributed by atoms with Gasteiger partial charge in [0.2, 0.25) is 0 Å². The van der Waals surface area contributed by atoms with Gasteiger partial charge in [-0.15, -0.1) is 0 Å². The minimum Gasteiger partial charge on any atom is -0.469 e. The highest BCUT2D eigenvalue weighted by molar-refractivity contribution is 6.33.